The van der Waals surface area contributed by atoms with Crippen molar-refractivity contribution in [2.24, 2.45) is 0 Å². The van der Waals surface area contributed by atoms with Gasteiger partial charge < -0.3 is 10.2 Å². The third kappa shape index (κ3) is 4.11. The van der Waals surface area contributed by atoms with Crippen LogP contribution in [-0.2, 0) is 4.79 Å². The summed E-state index contributed by atoms with van der Waals surface area (Å²) < 4.78 is 0. The van der Waals surface area contributed by atoms with Gasteiger partial charge in [-0.3, -0.25) is 19.3 Å². The van der Waals surface area contributed by atoms with Gasteiger partial charge in [-0.1, -0.05) is 12.1 Å². The van der Waals surface area contributed by atoms with Crippen LogP contribution in [0.2, 0.25) is 0 Å². The lowest BCUT2D eigenvalue weighted by Crippen LogP contribution is -2.31. The largest absolute Gasteiger partial charge is 0.341 e. The summed E-state index contributed by atoms with van der Waals surface area (Å²) in [4.78, 5) is 48.9. The van der Waals surface area contributed by atoms with Gasteiger partial charge in [0.05, 0.1) is 29.2 Å². The van der Waals surface area contributed by atoms with Gasteiger partial charge in [-0.05, 0) is 37.8 Å². The van der Waals surface area contributed by atoms with Crippen molar-refractivity contribution in [1.82, 2.24) is 14.9 Å². The first kappa shape index (κ1) is 19.0. The third-order valence-electron chi connectivity index (χ3n) is 5.22. The zero-order valence-corrected chi connectivity index (χ0v) is 16.1. The third-order valence-corrected chi connectivity index (χ3v) is 5.22. The molecule has 150 valence electrons. The number of benzene rings is 1. The molecule has 1 N–H and O–H groups in total. The fraction of sp³-hybridized carbons (Fsp3) is 0.381. The minimum absolute atomic E-state index is 0.196. The Balaban J connectivity index is 1.25. The van der Waals surface area contributed by atoms with E-state index in [-0.39, 0.29) is 30.7 Å². The number of anilines is 2. The number of hydrogen-bond donors (Lipinski definition) is 1. The lowest BCUT2D eigenvalue weighted by molar-refractivity contribution is -0.116. The molecular weight excluding hydrogens is 370 g/mol. The van der Waals surface area contributed by atoms with Crippen LogP contribution in [0, 0.1) is 0 Å². The molecule has 8 nitrogen and oxygen atoms in total. The second-order valence-corrected chi connectivity index (χ2v) is 7.28. The average molecular weight is 393 g/mol. The van der Waals surface area contributed by atoms with Crippen LogP contribution in [0.5, 0.6) is 0 Å². The van der Waals surface area contributed by atoms with Gasteiger partial charge in [-0.2, -0.15) is 0 Å². The highest BCUT2D eigenvalue weighted by Crippen LogP contribution is 2.22. The van der Waals surface area contributed by atoms with E-state index in [1.807, 2.05) is 0 Å². The Morgan fingerprint density at radius 2 is 1.59 bits per heavy atom. The van der Waals surface area contributed by atoms with E-state index in [4.69, 9.17) is 0 Å². The number of piperidine rings is 1. The zero-order valence-electron chi connectivity index (χ0n) is 16.1. The van der Waals surface area contributed by atoms with E-state index in [1.165, 1.54) is 11.3 Å². The van der Waals surface area contributed by atoms with Gasteiger partial charge >= 0.3 is 0 Å². The Hall–Kier alpha value is -3.29. The highest BCUT2D eigenvalue weighted by Gasteiger charge is 2.34. The van der Waals surface area contributed by atoms with E-state index in [9.17, 15) is 14.4 Å². The second-order valence-electron chi connectivity index (χ2n) is 7.28. The normalized spacial score (nSPS) is 16.1. The molecule has 0 aliphatic carbocycles. The first-order valence-electron chi connectivity index (χ1n) is 9.95. The average Bonchev–Trinajstić information content (AvgIpc) is 3.00. The molecule has 2 aliphatic rings. The first-order chi connectivity index (χ1) is 14.1. The lowest BCUT2D eigenvalue weighted by Gasteiger charge is -2.26. The van der Waals surface area contributed by atoms with E-state index < -0.39 is 0 Å². The van der Waals surface area contributed by atoms with Gasteiger partial charge in [0.25, 0.3) is 11.8 Å². The van der Waals surface area contributed by atoms with Crippen molar-refractivity contribution < 1.29 is 14.4 Å². The number of fused-ring (bicyclic) bond motifs is 1. The molecule has 2 aliphatic heterocycles. The molecule has 4 rings (SSSR count). The van der Waals surface area contributed by atoms with Crippen LogP contribution in [-0.4, -0.2) is 52.2 Å². The number of rotatable bonds is 6. The highest BCUT2D eigenvalue weighted by atomic mass is 16.2. The van der Waals surface area contributed by atoms with Gasteiger partial charge in [0.15, 0.2) is 0 Å². The smallest absolute Gasteiger partial charge is 0.261 e. The molecule has 3 amide bonds. The minimum Gasteiger partial charge on any atom is -0.341 e. The summed E-state index contributed by atoms with van der Waals surface area (Å²) in [6, 6.07) is 6.77. The van der Waals surface area contributed by atoms with Crippen LogP contribution in [0.4, 0.5) is 11.6 Å². The van der Waals surface area contributed by atoms with Crippen LogP contribution in [0.15, 0.2) is 36.7 Å². The topological polar surface area (TPSA) is 95.5 Å². The number of nitrogens with zero attached hydrogens (tertiary/aromatic N) is 4. The Kier molecular flexibility index (Phi) is 5.50. The number of hydrogen-bond acceptors (Lipinski definition) is 6. The van der Waals surface area contributed by atoms with Crippen molar-refractivity contribution >= 4 is 29.4 Å². The van der Waals surface area contributed by atoms with Gasteiger partial charge in [-0.15, -0.1) is 0 Å². The summed E-state index contributed by atoms with van der Waals surface area (Å²) in [5, 5.41) is 2.77. The van der Waals surface area contributed by atoms with Crippen LogP contribution in [0.1, 0.15) is 52.8 Å². The molecule has 29 heavy (non-hydrogen) atoms. The summed E-state index contributed by atoms with van der Waals surface area (Å²) >= 11 is 0. The van der Waals surface area contributed by atoms with E-state index in [1.54, 1.807) is 36.7 Å². The molecule has 3 heterocycles. The van der Waals surface area contributed by atoms with E-state index >= 15 is 0 Å². The minimum atomic E-state index is -0.298. The molecule has 0 saturated carbocycles. The van der Waals surface area contributed by atoms with Crippen LogP contribution in [0.25, 0.3) is 0 Å². The fourth-order valence-corrected chi connectivity index (χ4v) is 3.71. The highest BCUT2D eigenvalue weighted by molar-refractivity contribution is 6.21. The number of carbonyl (C=O) groups excluding carboxylic acids is 3. The quantitative estimate of drug-likeness (QED) is 0.758. The number of imide groups is 1. The zero-order chi connectivity index (χ0) is 20.2. The van der Waals surface area contributed by atoms with Gasteiger partial charge in [-0.25, -0.2) is 9.97 Å². The van der Waals surface area contributed by atoms with Crippen molar-refractivity contribution in [2.75, 3.05) is 29.9 Å². The Morgan fingerprint density at radius 1 is 0.966 bits per heavy atom. The summed E-state index contributed by atoms with van der Waals surface area (Å²) in [5.74, 6) is -0.107. The summed E-state index contributed by atoms with van der Waals surface area (Å²) in [6.45, 7) is 2.14. The second kappa shape index (κ2) is 8.38. The van der Waals surface area contributed by atoms with Crippen molar-refractivity contribution in [3.63, 3.8) is 0 Å². The molecule has 1 fully saturated rings. The molecule has 1 aromatic carbocycles. The molecule has 2 aromatic rings. The van der Waals surface area contributed by atoms with Crippen molar-refractivity contribution in [3.8, 4) is 0 Å². The molecule has 0 radical (unpaired) electrons. The lowest BCUT2D eigenvalue weighted by atomic mass is 10.1. The molecule has 8 heteroatoms. The monoisotopic (exact) mass is 393 g/mol. The number of nitrogens with one attached hydrogen (secondary N) is 1. The molecule has 0 spiro atoms. The molecule has 1 saturated heterocycles. The van der Waals surface area contributed by atoms with Gasteiger partial charge in [0.2, 0.25) is 11.9 Å². The molecule has 0 atom stereocenters. The Bertz CT molecular complexity index is 887. The van der Waals surface area contributed by atoms with Gasteiger partial charge in [0.1, 0.15) is 0 Å². The predicted octanol–water partition coefficient (Wildman–Crippen LogP) is 2.48. The molecule has 0 unspecified atom stereocenters. The summed E-state index contributed by atoms with van der Waals surface area (Å²) in [7, 11) is 0. The summed E-state index contributed by atoms with van der Waals surface area (Å²) in [5.41, 5.74) is 1.39. The van der Waals surface area contributed by atoms with Crippen molar-refractivity contribution in [1.29, 1.82) is 0 Å². The fourth-order valence-electron chi connectivity index (χ4n) is 3.71. The van der Waals surface area contributed by atoms with Crippen LogP contribution in [0.3, 0.4) is 0 Å². The summed E-state index contributed by atoms with van der Waals surface area (Å²) in [6.07, 6.45) is 7.35. The molecule has 1 aromatic heterocycles. The predicted molar refractivity (Wildman–Crippen MR) is 108 cm³/mol. The van der Waals surface area contributed by atoms with Crippen LogP contribution >= 0.6 is 0 Å². The first-order valence-corrected chi connectivity index (χ1v) is 9.95. The van der Waals surface area contributed by atoms with Gasteiger partial charge in [0, 0.05) is 26.1 Å². The van der Waals surface area contributed by atoms with E-state index in [2.05, 4.69) is 20.2 Å². The Morgan fingerprint density at radius 3 is 2.21 bits per heavy atom. The van der Waals surface area contributed by atoms with Crippen LogP contribution < -0.4 is 10.2 Å². The number of amides is 3. The van der Waals surface area contributed by atoms with E-state index in [0.717, 1.165) is 25.9 Å². The maximum absolute atomic E-state index is 12.3. The molecule has 0 bridgehead atoms. The SMILES string of the molecule is O=C(CCCN1C(=O)c2ccccc2C1=O)Nc1cnc(N2CCCCC2)nc1. The Labute approximate surface area is 168 Å². The number of carbonyl (C=O) groups is 3. The van der Waals surface area contributed by atoms with Crippen molar-refractivity contribution in [2.45, 2.75) is 32.1 Å². The van der Waals surface area contributed by atoms with Crippen molar-refractivity contribution in [3.05, 3.63) is 47.8 Å². The van der Waals surface area contributed by atoms with E-state index in [0.29, 0.717) is 29.2 Å². The maximum Gasteiger partial charge on any atom is 0.261 e. The maximum atomic E-state index is 12.3. The molecular formula is C21H23N5O3. The number of aromatic nitrogens is 2. The standard InChI is InChI=1S/C21H23N5O3/c27-18(24-15-13-22-21(23-14-15)25-10-4-1-5-11-25)9-6-12-26-19(28)16-7-2-3-8-17(16)20(26)29/h2-3,7-8,13-14H,1,4-6,9-12H2,(H,24,27).